The predicted molar refractivity (Wildman–Crippen MR) is 97.5 cm³/mol. The van der Waals surface area contributed by atoms with Gasteiger partial charge < -0.3 is 15.4 Å². The molecule has 2 N–H and O–H groups in total. The largest absolute Gasteiger partial charge is 0.452 e. The molecule has 2 aromatic rings. The van der Waals surface area contributed by atoms with E-state index in [-0.39, 0.29) is 16.9 Å². The average Bonchev–Trinajstić information content (AvgIpc) is 2.62. The summed E-state index contributed by atoms with van der Waals surface area (Å²) in [7, 11) is 1.54. The Morgan fingerprint density at radius 2 is 1.85 bits per heavy atom. The van der Waals surface area contributed by atoms with Gasteiger partial charge >= 0.3 is 5.97 Å². The number of hydrogen-bond acceptors (Lipinski definition) is 6. The van der Waals surface area contributed by atoms with E-state index in [2.05, 4.69) is 10.6 Å². The van der Waals surface area contributed by atoms with E-state index >= 15 is 0 Å². The maximum Gasteiger partial charge on any atom is 0.338 e. The Labute approximate surface area is 150 Å². The molecule has 0 aliphatic carbocycles. The van der Waals surface area contributed by atoms with Gasteiger partial charge in [-0.2, -0.15) is 0 Å². The lowest BCUT2D eigenvalue weighted by Gasteiger charge is -2.10. The summed E-state index contributed by atoms with van der Waals surface area (Å²) in [6.45, 7) is 3.26. The van der Waals surface area contributed by atoms with Gasteiger partial charge in [0, 0.05) is 18.8 Å². The molecular formula is C18H19N3O5. The van der Waals surface area contributed by atoms with Gasteiger partial charge in [-0.05, 0) is 43.2 Å². The minimum atomic E-state index is -0.813. The van der Waals surface area contributed by atoms with Crippen molar-refractivity contribution in [2.24, 2.45) is 0 Å². The van der Waals surface area contributed by atoms with Gasteiger partial charge in [0.1, 0.15) is 5.69 Å². The number of ether oxygens (including phenoxy) is 1. The molecule has 136 valence electrons. The van der Waals surface area contributed by atoms with Gasteiger partial charge in [-0.15, -0.1) is 0 Å². The molecule has 1 amide bonds. The van der Waals surface area contributed by atoms with Crippen LogP contribution in [-0.4, -0.2) is 30.5 Å². The summed E-state index contributed by atoms with van der Waals surface area (Å²) in [5.41, 5.74) is 2.53. The fourth-order valence-electron chi connectivity index (χ4n) is 2.29. The number of carbonyl (C=O) groups excluding carboxylic acids is 2. The molecule has 8 nitrogen and oxygen atoms in total. The van der Waals surface area contributed by atoms with E-state index in [1.807, 2.05) is 32.0 Å². The number of hydrogen-bond donors (Lipinski definition) is 2. The lowest BCUT2D eigenvalue weighted by atomic mass is 10.1. The molecule has 0 aromatic heterocycles. The van der Waals surface area contributed by atoms with Crippen LogP contribution in [0.25, 0.3) is 0 Å². The van der Waals surface area contributed by atoms with Gasteiger partial charge in [-0.25, -0.2) is 4.79 Å². The smallest absolute Gasteiger partial charge is 0.338 e. The Balaban J connectivity index is 2.02. The van der Waals surface area contributed by atoms with Crippen LogP contribution in [-0.2, 0) is 9.53 Å². The molecule has 26 heavy (non-hydrogen) atoms. The second kappa shape index (κ2) is 8.11. The highest BCUT2D eigenvalue weighted by atomic mass is 16.6. The van der Waals surface area contributed by atoms with Crippen LogP contribution in [0.5, 0.6) is 0 Å². The van der Waals surface area contributed by atoms with E-state index in [1.165, 1.54) is 19.2 Å². The van der Waals surface area contributed by atoms with Gasteiger partial charge in [0.15, 0.2) is 6.61 Å². The summed E-state index contributed by atoms with van der Waals surface area (Å²) in [4.78, 5) is 34.5. The SMILES string of the molecule is CNc1ccc(C(=O)OCC(=O)Nc2cc(C)ccc2C)cc1[N+](=O)[O-]. The maximum absolute atomic E-state index is 12.1. The molecule has 2 rings (SSSR count). The zero-order chi connectivity index (χ0) is 19.3. The Morgan fingerprint density at radius 1 is 1.12 bits per heavy atom. The highest BCUT2D eigenvalue weighted by molar-refractivity contribution is 5.96. The topological polar surface area (TPSA) is 111 Å². The summed E-state index contributed by atoms with van der Waals surface area (Å²) in [5, 5.41) is 16.4. The van der Waals surface area contributed by atoms with Gasteiger partial charge in [0.25, 0.3) is 11.6 Å². The lowest BCUT2D eigenvalue weighted by Crippen LogP contribution is -2.21. The maximum atomic E-state index is 12.1. The van der Waals surface area contributed by atoms with E-state index in [0.717, 1.165) is 17.2 Å². The molecule has 2 aromatic carbocycles. The molecule has 0 aliphatic heterocycles. The fraction of sp³-hybridized carbons (Fsp3) is 0.222. The predicted octanol–water partition coefficient (Wildman–Crippen LogP) is 3.05. The molecule has 0 fully saturated rings. The highest BCUT2D eigenvalue weighted by Crippen LogP contribution is 2.25. The van der Waals surface area contributed by atoms with Crippen molar-refractivity contribution in [3.63, 3.8) is 0 Å². The van der Waals surface area contributed by atoms with Gasteiger partial charge in [0.2, 0.25) is 0 Å². The summed E-state index contributed by atoms with van der Waals surface area (Å²) in [6, 6.07) is 9.52. The van der Waals surface area contributed by atoms with Crippen LogP contribution < -0.4 is 10.6 Å². The first-order valence-electron chi connectivity index (χ1n) is 7.82. The minimum Gasteiger partial charge on any atom is -0.452 e. The first kappa shape index (κ1) is 18.9. The van der Waals surface area contributed by atoms with Crippen LogP contribution in [0.15, 0.2) is 36.4 Å². The zero-order valence-corrected chi connectivity index (χ0v) is 14.7. The quantitative estimate of drug-likeness (QED) is 0.467. The lowest BCUT2D eigenvalue weighted by molar-refractivity contribution is -0.384. The molecule has 0 bridgehead atoms. The molecule has 0 saturated heterocycles. The van der Waals surface area contributed by atoms with Crippen LogP contribution in [0.2, 0.25) is 0 Å². The number of nitro benzene ring substituents is 1. The molecule has 8 heteroatoms. The van der Waals surface area contributed by atoms with Gasteiger partial charge in [-0.3, -0.25) is 14.9 Å². The van der Waals surface area contributed by atoms with E-state index in [0.29, 0.717) is 5.69 Å². The summed E-state index contributed by atoms with van der Waals surface area (Å²) in [6.07, 6.45) is 0. The average molecular weight is 357 g/mol. The summed E-state index contributed by atoms with van der Waals surface area (Å²) < 4.78 is 4.95. The number of aryl methyl sites for hydroxylation is 2. The van der Waals surface area contributed by atoms with E-state index < -0.39 is 23.4 Å². The van der Waals surface area contributed by atoms with Crippen LogP contribution in [0.1, 0.15) is 21.5 Å². The van der Waals surface area contributed by atoms with E-state index in [1.54, 1.807) is 0 Å². The number of rotatable bonds is 6. The van der Waals surface area contributed by atoms with Crippen molar-refractivity contribution in [2.45, 2.75) is 13.8 Å². The Morgan fingerprint density at radius 3 is 2.50 bits per heavy atom. The first-order chi connectivity index (χ1) is 12.3. The van der Waals surface area contributed by atoms with Crippen LogP contribution in [0, 0.1) is 24.0 Å². The molecule has 0 unspecified atom stereocenters. The third kappa shape index (κ3) is 4.56. The van der Waals surface area contributed by atoms with E-state index in [4.69, 9.17) is 4.74 Å². The number of nitro groups is 1. The van der Waals surface area contributed by atoms with Gasteiger partial charge in [-0.1, -0.05) is 12.1 Å². The summed E-state index contributed by atoms with van der Waals surface area (Å²) >= 11 is 0. The second-order valence-corrected chi connectivity index (χ2v) is 5.68. The second-order valence-electron chi connectivity index (χ2n) is 5.68. The van der Waals surface area contributed by atoms with Crippen molar-refractivity contribution in [3.8, 4) is 0 Å². The van der Waals surface area contributed by atoms with E-state index in [9.17, 15) is 19.7 Å². The van der Waals surface area contributed by atoms with Crippen LogP contribution in [0.4, 0.5) is 17.1 Å². The normalized spacial score (nSPS) is 10.1. The Hall–Kier alpha value is -3.42. The first-order valence-corrected chi connectivity index (χ1v) is 7.82. The van der Waals surface area contributed by atoms with Gasteiger partial charge in [0.05, 0.1) is 10.5 Å². The Kier molecular flexibility index (Phi) is 5.90. The summed E-state index contributed by atoms with van der Waals surface area (Å²) in [5.74, 6) is -1.31. The minimum absolute atomic E-state index is 0.00441. The number of anilines is 2. The number of carbonyl (C=O) groups is 2. The van der Waals surface area contributed by atoms with Crippen LogP contribution >= 0.6 is 0 Å². The van der Waals surface area contributed by atoms with Crippen LogP contribution in [0.3, 0.4) is 0 Å². The molecule has 0 spiro atoms. The number of amides is 1. The molecule has 0 heterocycles. The highest BCUT2D eigenvalue weighted by Gasteiger charge is 2.18. The molecule has 0 aliphatic rings. The number of nitrogens with one attached hydrogen (secondary N) is 2. The van der Waals surface area contributed by atoms with Crippen molar-refractivity contribution in [2.75, 3.05) is 24.3 Å². The monoisotopic (exact) mass is 357 g/mol. The van der Waals surface area contributed by atoms with Crippen molar-refractivity contribution in [1.29, 1.82) is 0 Å². The number of nitrogens with zero attached hydrogens (tertiary/aromatic N) is 1. The van der Waals surface area contributed by atoms with Crippen molar-refractivity contribution in [3.05, 3.63) is 63.2 Å². The third-order valence-electron chi connectivity index (χ3n) is 3.70. The number of benzene rings is 2. The molecule has 0 saturated carbocycles. The Bertz CT molecular complexity index is 864. The van der Waals surface area contributed by atoms with Crippen molar-refractivity contribution < 1.29 is 19.2 Å². The standard InChI is InChI=1S/C18H19N3O5/c1-11-4-5-12(2)15(8-11)20-17(22)10-26-18(23)13-6-7-14(19-3)16(9-13)21(24)25/h4-9,19H,10H2,1-3H3,(H,20,22). The third-order valence-corrected chi connectivity index (χ3v) is 3.70. The zero-order valence-electron chi connectivity index (χ0n) is 14.7. The van der Waals surface area contributed by atoms with Crippen molar-refractivity contribution in [1.82, 2.24) is 0 Å². The molecular weight excluding hydrogens is 338 g/mol. The number of esters is 1. The fourth-order valence-corrected chi connectivity index (χ4v) is 2.29. The van der Waals surface area contributed by atoms with Crippen molar-refractivity contribution >= 4 is 28.9 Å². The molecule has 0 atom stereocenters. The molecule has 0 radical (unpaired) electrons.